The summed E-state index contributed by atoms with van der Waals surface area (Å²) in [6, 6.07) is 6.20. The third kappa shape index (κ3) is 3.19. The third-order valence-electron chi connectivity index (χ3n) is 4.28. The number of carbonyl (C=O) groups is 1. The summed E-state index contributed by atoms with van der Waals surface area (Å²) >= 11 is 1.29. The number of nitrogens with one attached hydrogen (secondary N) is 2. The van der Waals surface area contributed by atoms with Crippen LogP contribution in [0, 0.1) is 10.1 Å². The largest absolute Gasteiger partial charge is 0.310 e. The number of non-ortho nitro benzene ring substituents is 1. The first-order valence-electron chi connectivity index (χ1n) is 7.92. The van der Waals surface area contributed by atoms with Gasteiger partial charge in [0, 0.05) is 18.2 Å². The molecule has 1 aromatic heterocycles. The van der Waals surface area contributed by atoms with E-state index in [1.54, 1.807) is 16.8 Å². The Morgan fingerprint density at radius 2 is 2.20 bits per heavy atom. The Morgan fingerprint density at radius 3 is 2.88 bits per heavy atom. The summed E-state index contributed by atoms with van der Waals surface area (Å²) in [4.78, 5) is 35.3. The van der Waals surface area contributed by atoms with Crippen molar-refractivity contribution in [2.24, 2.45) is 0 Å². The van der Waals surface area contributed by atoms with Gasteiger partial charge in [0.25, 0.3) is 11.2 Å². The molecule has 2 heterocycles. The molecule has 0 unspecified atom stereocenters. The molecule has 0 bridgehead atoms. The first-order valence-corrected chi connectivity index (χ1v) is 8.97. The summed E-state index contributed by atoms with van der Waals surface area (Å²) in [6.07, 6.45) is 0.779. The molecule has 0 aliphatic carbocycles. The van der Waals surface area contributed by atoms with Crippen LogP contribution in [0.15, 0.2) is 29.1 Å². The number of nitrogens with zero attached hydrogens (tertiary/aromatic N) is 2. The second-order valence-electron chi connectivity index (χ2n) is 5.92. The number of anilines is 1. The molecule has 1 aliphatic heterocycles. The monoisotopic (exact) mass is 362 g/mol. The molecular weight excluding hydrogens is 344 g/mol. The summed E-state index contributed by atoms with van der Waals surface area (Å²) in [7, 11) is 0. The van der Waals surface area contributed by atoms with E-state index in [0.717, 1.165) is 6.42 Å². The number of aromatic amines is 1. The van der Waals surface area contributed by atoms with Crippen LogP contribution in [0.25, 0.3) is 0 Å². The van der Waals surface area contributed by atoms with E-state index in [1.165, 1.54) is 23.9 Å². The number of H-pyrrole nitrogens is 1. The van der Waals surface area contributed by atoms with Crippen LogP contribution in [-0.2, 0) is 4.79 Å². The number of amides is 1. The maximum absolute atomic E-state index is 12.6. The minimum absolute atomic E-state index is 0.00519. The zero-order valence-electron chi connectivity index (χ0n) is 13.8. The van der Waals surface area contributed by atoms with E-state index in [-0.39, 0.29) is 28.9 Å². The smallest absolute Gasteiger partial charge is 0.270 e. The first kappa shape index (κ1) is 17.3. The van der Waals surface area contributed by atoms with E-state index in [9.17, 15) is 19.7 Å². The van der Waals surface area contributed by atoms with E-state index < -0.39 is 10.2 Å². The van der Waals surface area contributed by atoms with Crippen LogP contribution in [0.2, 0.25) is 0 Å². The number of thioether (sulfide) groups is 1. The molecule has 132 valence electrons. The SMILES string of the molecule is CC[C@H](C)n1[nH]c(=O)c2c1NC(=O)CS[C@H]2c1cccc([N+](=O)[O-])c1. The van der Waals surface area contributed by atoms with E-state index >= 15 is 0 Å². The zero-order chi connectivity index (χ0) is 18.1. The van der Waals surface area contributed by atoms with Crippen LogP contribution in [0.4, 0.5) is 11.5 Å². The highest BCUT2D eigenvalue weighted by molar-refractivity contribution is 8.00. The van der Waals surface area contributed by atoms with Crippen molar-refractivity contribution >= 4 is 29.2 Å². The maximum atomic E-state index is 12.6. The molecule has 2 aromatic rings. The third-order valence-corrected chi connectivity index (χ3v) is 5.55. The van der Waals surface area contributed by atoms with E-state index in [4.69, 9.17) is 0 Å². The highest BCUT2D eigenvalue weighted by atomic mass is 32.2. The average Bonchev–Trinajstić information content (AvgIpc) is 2.80. The van der Waals surface area contributed by atoms with Crippen LogP contribution in [0.5, 0.6) is 0 Å². The minimum Gasteiger partial charge on any atom is -0.310 e. The van der Waals surface area contributed by atoms with Crippen LogP contribution in [0.1, 0.15) is 42.7 Å². The molecule has 2 N–H and O–H groups in total. The Kier molecular flexibility index (Phi) is 4.67. The molecule has 3 rings (SSSR count). The van der Waals surface area contributed by atoms with Gasteiger partial charge in [-0.3, -0.25) is 29.5 Å². The predicted octanol–water partition coefficient (Wildman–Crippen LogP) is 2.83. The number of aromatic nitrogens is 2. The summed E-state index contributed by atoms with van der Waals surface area (Å²) in [5, 5.41) is 16.2. The van der Waals surface area contributed by atoms with Crippen LogP contribution in [-0.4, -0.2) is 26.4 Å². The molecule has 25 heavy (non-hydrogen) atoms. The quantitative estimate of drug-likeness (QED) is 0.642. The van der Waals surface area contributed by atoms with Crippen molar-refractivity contribution in [1.82, 2.24) is 9.78 Å². The average molecular weight is 362 g/mol. The number of nitro groups is 1. The zero-order valence-corrected chi connectivity index (χ0v) is 14.6. The first-order chi connectivity index (χ1) is 11.9. The number of fused-ring (bicyclic) bond motifs is 1. The van der Waals surface area contributed by atoms with Gasteiger partial charge < -0.3 is 5.32 Å². The molecule has 0 saturated carbocycles. The molecule has 1 aliphatic rings. The molecule has 0 spiro atoms. The van der Waals surface area contributed by atoms with Gasteiger partial charge in [-0.05, 0) is 18.9 Å². The van der Waals surface area contributed by atoms with Gasteiger partial charge in [-0.25, -0.2) is 0 Å². The van der Waals surface area contributed by atoms with Crippen molar-refractivity contribution in [1.29, 1.82) is 0 Å². The van der Waals surface area contributed by atoms with Crippen LogP contribution < -0.4 is 10.9 Å². The van der Waals surface area contributed by atoms with Crippen molar-refractivity contribution < 1.29 is 9.72 Å². The van der Waals surface area contributed by atoms with Gasteiger partial charge in [0.1, 0.15) is 5.82 Å². The van der Waals surface area contributed by atoms with Crippen molar-refractivity contribution in [3.05, 3.63) is 55.9 Å². The van der Waals surface area contributed by atoms with Gasteiger partial charge >= 0.3 is 0 Å². The second kappa shape index (κ2) is 6.75. The standard InChI is InChI=1S/C16H18N4O4S/c1-3-9(2)19-15-13(16(22)18-19)14(25-8-12(21)17-15)10-5-4-6-11(7-10)20(23)24/h4-7,9,14H,3,8H2,1-2H3,(H,17,21)(H,18,22)/t9-,14-/m0/s1. The topological polar surface area (TPSA) is 110 Å². The molecule has 8 nitrogen and oxygen atoms in total. The van der Waals surface area contributed by atoms with Crippen molar-refractivity contribution in [3.63, 3.8) is 0 Å². The lowest BCUT2D eigenvalue weighted by Gasteiger charge is -2.16. The van der Waals surface area contributed by atoms with E-state index in [0.29, 0.717) is 16.9 Å². The normalized spacial score (nSPS) is 18.2. The Bertz CT molecular complexity index is 889. The van der Waals surface area contributed by atoms with Crippen LogP contribution in [0.3, 0.4) is 0 Å². The fourth-order valence-electron chi connectivity index (χ4n) is 2.82. The molecule has 0 radical (unpaired) electrons. The van der Waals surface area contributed by atoms with Gasteiger partial charge in [0.05, 0.1) is 21.5 Å². The van der Waals surface area contributed by atoms with Crippen LogP contribution >= 0.6 is 11.8 Å². The Balaban J connectivity index is 2.16. The molecule has 2 atom stereocenters. The molecule has 1 amide bonds. The fourth-order valence-corrected chi connectivity index (χ4v) is 3.94. The second-order valence-corrected chi connectivity index (χ2v) is 7.02. The Hall–Kier alpha value is -2.55. The summed E-state index contributed by atoms with van der Waals surface area (Å²) in [6.45, 7) is 3.93. The number of benzene rings is 1. The number of rotatable bonds is 4. The lowest BCUT2D eigenvalue weighted by Crippen LogP contribution is -2.18. The molecule has 0 fully saturated rings. The summed E-state index contributed by atoms with van der Waals surface area (Å²) in [5.74, 6) is 0.420. The predicted molar refractivity (Wildman–Crippen MR) is 96.1 cm³/mol. The highest BCUT2D eigenvalue weighted by Gasteiger charge is 2.31. The Labute approximate surface area is 147 Å². The molecule has 1 aromatic carbocycles. The number of nitro benzene ring substituents is 1. The van der Waals surface area contributed by atoms with Crippen molar-refractivity contribution in [2.45, 2.75) is 31.6 Å². The van der Waals surface area contributed by atoms with E-state index in [2.05, 4.69) is 10.4 Å². The highest BCUT2D eigenvalue weighted by Crippen LogP contribution is 2.41. The maximum Gasteiger partial charge on any atom is 0.270 e. The number of carbonyl (C=O) groups excluding carboxylic acids is 1. The van der Waals surface area contributed by atoms with Crippen molar-refractivity contribution in [3.8, 4) is 0 Å². The molecular formula is C16H18N4O4S. The Morgan fingerprint density at radius 1 is 1.44 bits per heavy atom. The van der Waals surface area contributed by atoms with Gasteiger partial charge in [-0.1, -0.05) is 19.1 Å². The van der Waals surface area contributed by atoms with E-state index in [1.807, 2.05) is 13.8 Å². The number of hydrogen-bond acceptors (Lipinski definition) is 5. The van der Waals surface area contributed by atoms with Gasteiger partial charge in [0.2, 0.25) is 5.91 Å². The van der Waals surface area contributed by atoms with Gasteiger partial charge in [0.15, 0.2) is 0 Å². The summed E-state index contributed by atoms with van der Waals surface area (Å²) < 4.78 is 1.67. The molecule has 9 heteroatoms. The van der Waals surface area contributed by atoms with Crippen molar-refractivity contribution in [2.75, 3.05) is 11.1 Å². The van der Waals surface area contributed by atoms with Gasteiger partial charge in [-0.2, -0.15) is 0 Å². The summed E-state index contributed by atoms with van der Waals surface area (Å²) in [5.41, 5.74) is 0.725. The minimum atomic E-state index is -0.469. The fraction of sp³-hybridized carbons (Fsp3) is 0.375. The molecule has 0 saturated heterocycles. The number of hydrogen-bond donors (Lipinski definition) is 2. The van der Waals surface area contributed by atoms with Gasteiger partial charge in [-0.15, -0.1) is 11.8 Å². The lowest BCUT2D eigenvalue weighted by atomic mass is 10.1. The lowest BCUT2D eigenvalue weighted by molar-refractivity contribution is -0.384.